The Morgan fingerprint density at radius 3 is 2.68 bits per heavy atom. The number of halogens is 2. The molecule has 0 N–H and O–H groups in total. The summed E-state index contributed by atoms with van der Waals surface area (Å²) in [6, 6.07) is 10.3. The van der Waals surface area contributed by atoms with E-state index >= 15 is 0 Å². The predicted octanol–water partition coefficient (Wildman–Crippen LogP) is 3.81. The maximum atomic E-state index is 12.5. The summed E-state index contributed by atoms with van der Waals surface area (Å²) in [5.74, 6) is -0.590. The molecule has 112 valence electrons. The Morgan fingerprint density at radius 2 is 1.95 bits per heavy atom. The molecule has 0 bridgehead atoms. The molecule has 0 spiro atoms. The van der Waals surface area contributed by atoms with Crippen LogP contribution in [-0.4, -0.2) is 22.0 Å². The first kappa shape index (κ1) is 15.3. The number of carbonyl (C=O) groups is 2. The number of imide groups is 1. The molecular formula is C15H10Cl2N2O2S. The van der Waals surface area contributed by atoms with Crippen LogP contribution in [0, 0.1) is 0 Å². The minimum atomic E-state index is -0.502. The van der Waals surface area contributed by atoms with Crippen molar-refractivity contribution in [2.24, 2.45) is 0 Å². The molecule has 7 heteroatoms. The SMILES string of the molecule is O=C1C[C@@H](Sc2ccccn2)C(=O)N1c1cccc(Cl)c1Cl. The standard InChI is InChI=1S/C15H10Cl2N2O2S/c16-9-4-3-5-10(14(9)17)19-13(20)8-11(15(19)21)22-12-6-1-2-7-18-12/h1-7,11H,8H2/t11-/m1/s1. The van der Waals surface area contributed by atoms with E-state index in [0.29, 0.717) is 15.7 Å². The number of benzene rings is 1. The molecule has 1 saturated heterocycles. The Bertz CT molecular complexity index is 740. The second kappa shape index (κ2) is 6.28. The van der Waals surface area contributed by atoms with Gasteiger partial charge in [0, 0.05) is 12.6 Å². The number of hydrogen-bond acceptors (Lipinski definition) is 4. The van der Waals surface area contributed by atoms with Crippen molar-refractivity contribution in [2.75, 3.05) is 4.90 Å². The Kier molecular flexibility index (Phi) is 4.38. The van der Waals surface area contributed by atoms with Gasteiger partial charge >= 0.3 is 0 Å². The van der Waals surface area contributed by atoms with Gasteiger partial charge in [0.25, 0.3) is 0 Å². The van der Waals surface area contributed by atoms with Crippen LogP contribution in [-0.2, 0) is 9.59 Å². The van der Waals surface area contributed by atoms with E-state index in [4.69, 9.17) is 23.2 Å². The van der Waals surface area contributed by atoms with Crippen molar-refractivity contribution in [3.8, 4) is 0 Å². The largest absolute Gasteiger partial charge is 0.274 e. The third-order valence-corrected chi connectivity index (χ3v) is 5.12. The Hall–Kier alpha value is -1.56. The fourth-order valence-electron chi connectivity index (χ4n) is 2.18. The van der Waals surface area contributed by atoms with Gasteiger partial charge in [0.1, 0.15) is 0 Å². The minimum Gasteiger partial charge on any atom is -0.274 e. The van der Waals surface area contributed by atoms with Gasteiger partial charge in [-0.05, 0) is 24.3 Å². The van der Waals surface area contributed by atoms with Crippen molar-refractivity contribution >= 4 is 52.5 Å². The number of aromatic nitrogens is 1. The van der Waals surface area contributed by atoms with E-state index < -0.39 is 5.25 Å². The second-order valence-corrected chi connectivity index (χ2v) is 6.63. The fourth-order valence-corrected chi connectivity index (χ4v) is 3.56. The van der Waals surface area contributed by atoms with Gasteiger partial charge in [-0.25, -0.2) is 9.88 Å². The zero-order valence-electron chi connectivity index (χ0n) is 11.2. The molecule has 1 aliphatic rings. The number of pyridine rings is 1. The van der Waals surface area contributed by atoms with Gasteiger partial charge < -0.3 is 0 Å². The van der Waals surface area contributed by atoms with Crippen LogP contribution in [0.1, 0.15) is 6.42 Å². The zero-order chi connectivity index (χ0) is 15.7. The summed E-state index contributed by atoms with van der Waals surface area (Å²) in [5, 5.41) is 0.708. The van der Waals surface area contributed by atoms with Crippen LogP contribution in [0.3, 0.4) is 0 Å². The third-order valence-electron chi connectivity index (χ3n) is 3.18. The number of amides is 2. The summed E-state index contributed by atoms with van der Waals surface area (Å²) < 4.78 is 0. The number of nitrogens with zero attached hydrogens (tertiary/aromatic N) is 2. The van der Waals surface area contributed by atoms with Gasteiger partial charge in [0.2, 0.25) is 11.8 Å². The highest BCUT2D eigenvalue weighted by Gasteiger charge is 2.41. The number of hydrogen-bond donors (Lipinski definition) is 0. The van der Waals surface area contributed by atoms with Crippen LogP contribution in [0.5, 0.6) is 0 Å². The lowest BCUT2D eigenvalue weighted by atomic mass is 10.3. The number of thioether (sulfide) groups is 1. The third kappa shape index (κ3) is 2.84. The lowest BCUT2D eigenvalue weighted by Crippen LogP contribution is -2.31. The Labute approximate surface area is 141 Å². The molecule has 22 heavy (non-hydrogen) atoms. The molecule has 2 heterocycles. The van der Waals surface area contributed by atoms with Gasteiger partial charge in [-0.2, -0.15) is 0 Å². The molecule has 0 aliphatic carbocycles. The number of carbonyl (C=O) groups excluding carboxylic acids is 2. The van der Waals surface area contributed by atoms with E-state index in [1.807, 2.05) is 6.07 Å². The number of rotatable bonds is 3. The van der Waals surface area contributed by atoms with E-state index in [1.165, 1.54) is 11.8 Å². The first-order valence-electron chi connectivity index (χ1n) is 6.46. The van der Waals surface area contributed by atoms with Gasteiger partial charge in [0.15, 0.2) is 0 Å². The predicted molar refractivity (Wildman–Crippen MR) is 87.5 cm³/mol. The summed E-state index contributed by atoms with van der Waals surface area (Å²) >= 11 is 13.3. The van der Waals surface area contributed by atoms with E-state index in [1.54, 1.807) is 36.5 Å². The van der Waals surface area contributed by atoms with E-state index in [2.05, 4.69) is 4.98 Å². The van der Waals surface area contributed by atoms with Crippen LogP contribution in [0.4, 0.5) is 5.69 Å². The van der Waals surface area contributed by atoms with Gasteiger partial charge in [-0.3, -0.25) is 9.59 Å². The summed E-state index contributed by atoms with van der Waals surface area (Å²) in [6.07, 6.45) is 1.76. The summed E-state index contributed by atoms with van der Waals surface area (Å²) in [7, 11) is 0. The molecule has 1 atom stereocenters. The monoisotopic (exact) mass is 352 g/mol. The molecule has 3 rings (SSSR count). The molecule has 0 saturated carbocycles. The Morgan fingerprint density at radius 1 is 1.14 bits per heavy atom. The average molecular weight is 353 g/mol. The fraction of sp³-hybridized carbons (Fsp3) is 0.133. The summed E-state index contributed by atoms with van der Waals surface area (Å²) in [4.78, 5) is 30.0. The molecule has 1 aromatic heterocycles. The lowest BCUT2D eigenvalue weighted by Gasteiger charge is -2.16. The topological polar surface area (TPSA) is 50.3 Å². The van der Waals surface area contributed by atoms with Crippen molar-refractivity contribution in [3.05, 3.63) is 52.6 Å². The van der Waals surface area contributed by atoms with E-state index in [-0.39, 0.29) is 23.3 Å². The first-order valence-corrected chi connectivity index (χ1v) is 8.10. The second-order valence-electron chi connectivity index (χ2n) is 4.62. The molecule has 1 aromatic carbocycles. The van der Waals surface area contributed by atoms with Crippen molar-refractivity contribution in [1.82, 2.24) is 4.98 Å². The minimum absolute atomic E-state index is 0.114. The molecular weight excluding hydrogens is 343 g/mol. The molecule has 1 fully saturated rings. The zero-order valence-corrected chi connectivity index (χ0v) is 13.5. The molecule has 0 radical (unpaired) electrons. The molecule has 0 unspecified atom stereocenters. The number of anilines is 1. The van der Waals surface area contributed by atoms with Crippen LogP contribution in [0.25, 0.3) is 0 Å². The van der Waals surface area contributed by atoms with Crippen molar-refractivity contribution < 1.29 is 9.59 Å². The normalized spacial score (nSPS) is 18.1. The molecule has 4 nitrogen and oxygen atoms in total. The first-order chi connectivity index (χ1) is 10.6. The highest BCUT2D eigenvalue weighted by molar-refractivity contribution is 8.00. The maximum absolute atomic E-state index is 12.5. The van der Waals surface area contributed by atoms with E-state index in [9.17, 15) is 9.59 Å². The lowest BCUT2D eigenvalue weighted by molar-refractivity contribution is -0.121. The van der Waals surface area contributed by atoms with Gasteiger partial charge in [-0.15, -0.1) is 0 Å². The van der Waals surface area contributed by atoms with Crippen LogP contribution in [0.15, 0.2) is 47.6 Å². The highest BCUT2D eigenvalue weighted by Crippen LogP contribution is 2.38. The van der Waals surface area contributed by atoms with Crippen molar-refractivity contribution in [2.45, 2.75) is 16.7 Å². The van der Waals surface area contributed by atoms with E-state index in [0.717, 1.165) is 4.90 Å². The summed E-state index contributed by atoms with van der Waals surface area (Å²) in [6.45, 7) is 0. The quantitative estimate of drug-likeness (QED) is 0.788. The smallest absolute Gasteiger partial charge is 0.247 e. The van der Waals surface area contributed by atoms with Crippen molar-refractivity contribution in [3.63, 3.8) is 0 Å². The highest BCUT2D eigenvalue weighted by atomic mass is 35.5. The van der Waals surface area contributed by atoms with Crippen molar-refractivity contribution in [1.29, 1.82) is 0 Å². The van der Waals surface area contributed by atoms with Crippen LogP contribution >= 0.6 is 35.0 Å². The molecule has 1 aliphatic heterocycles. The molecule has 2 amide bonds. The Balaban J connectivity index is 1.87. The van der Waals surface area contributed by atoms with Gasteiger partial charge in [-0.1, -0.05) is 47.1 Å². The molecule has 2 aromatic rings. The summed E-state index contributed by atoms with van der Waals surface area (Å²) in [5.41, 5.74) is 0.327. The van der Waals surface area contributed by atoms with Crippen LogP contribution < -0.4 is 4.90 Å². The van der Waals surface area contributed by atoms with Gasteiger partial charge in [0.05, 0.1) is 26.0 Å². The maximum Gasteiger partial charge on any atom is 0.247 e. The van der Waals surface area contributed by atoms with Crippen LogP contribution in [0.2, 0.25) is 10.0 Å². The average Bonchev–Trinajstić information content (AvgIpc) is 2.78.